The quantitative estimate of drug-likeness (QED) is 0.450. The van der Waals surface area contributed by atoms with Gasteiger partial charge in [0.05, 0.1) is 0 Å². The summed E-state index contributed by atoms with van der Waals surface area (Å²) in [4.78, 5) is 10.4. The lowest BCUT2D eigenvalue weighted by molar-refractivity contribution is -0.507. The molecule has 1 aliphatic heterocycles. The highest BCUT2D eigenvalue weighted by molar-refractivity contribution is 6.29. The van der Waals surface area contributed by atoms with Crippen molar-refractivity contribution in [3.63, 3.8) is 0 Å². The van der Waals surface area contributed by atoms with Gasteiger partial charge in [0, 0.05) is 0 Å². The molecule has 0 bridgehead atoms. The fourth-order valence-electron chi connectivity index (χ4n) is 0.972. The van der Waals surface area contributed by atoms with Crippen LogP contribution in [0.5, 0.6) is 0 Å². The van der Waals surface area contributed by atoms with Crippen molar-refractivity contribution in [2.45, 2.75) is 0 Å². The Morgan fingerprint density at radius 2 is 2.64 bits per heavy atom. The van der Waals surface area contributed by atoms with Gasteiger partial charge in [-0.3, -0.25) is 0 Å². The van der Waals surface area contributed by atoms with Crippen LogP contribution in [0.15, 0.2) is 12.7 Å². The number of carboxylic acids is 1. The summed E-state index contributed by atoms with van der Waals surface area (Å²) in [6.45, 7) is 5.13. The smallest absolute Gasteiger partial charge is 0.451 e. The predicted octanol–water partition coefficient (Wildman–Crippen LogP) is -0.302. The molecule has 1 rings (SSSR count). The maximum Gasteiger partial charge on any atom is 0.451 e. The van der Waals surface area contributed by atoms with Crippen LogP contribution in [0.25, 0.3) is 0 Å². The third-order valence-electron chi connectivity index (χ3n) is 1.42. The minimum atomic E-state index is -1.01. The normalized spacial score (nSPS) is 16.4. The molecule has 1 heterocycles. The highest BCUT2D eigenvalue weighted by atomic mass is 16.5. The fraction of sp³-hybridized carbons (Fsp3) is 0.429. The van der Waals surface area contributed by atoms with Crippen LogP contribution >= 0.6 is 0 Å². The summed E-state index contributed by atoms with van der Waals surface area (Å²) in [5.74, 6) is -0.978. The maximum absolute atomic E-state index is 10.4. The van der Waals surface area contributed by atoms with Crippen molar-refractivity contribution in [1.82, 2.24) is 0 Å². The first-order valence-corrected chi connectivity index (χ1v) is 3.34. The second-order valence-corrected chi connectivity index (χ2v) is 2.19. The first-order chi connectivity index (χ1) is 5.25. The van der Waals surface area contributed by atoms with E-state index >= 15 is 0 Å². The van der Waals surface area contributed by atoms with Gasteiger partial charge in [0.1, 0.15) is 0 Å². The molecule has 1 aliphatic rings. The number of nitrogens with zero attached hydrogens (tertiary/aromatic N) is 1. The van der Waals surface area contributed by atoms with E-state index in [0.29, 0.717) is 19.7 Å². The van der Waals surface area contributed by atoms with Gasteiger partial charge in [0.15, 0.2) is 19.7 Å². The lowest BCUT2D eigenvalue weighted by Crippen LogP contribution is -2.23. The van der Waals surface area contributed by atoms with Crippen molar-refractivity contribution in [2.75, 3.05) is 19.7 Å². The first kappa shape index (κ1) is 7.78. The van der Waals surface area contributed by atoms with E-state index < -0.39 is 5.97 Å². The maximum atomic E-state index is 10.4. The summed E-state index contributed by atoms with van der Waals surface area (Å²) in [6, 6.07) is 0. The Kier molecular flexibility index (Phi) is 2.25. The number of carbonyl (C=O) groups is 1. The topological polar surface area (TPSA) is 49.5 Å². The van der Waals surface area contributed by atoms with Gasteiger partial charge in [-0.25, -0.2) is 4.79 Å². The molecular weight excluding hydrogens is 146 g/mol. The highest BCUT2D eigenvalue weighted by Gasteiger charge is 2.29. The Morgan fingerprint density at radius 3 is 3.18 bits per heavy atom. The summed E-state index contributed by atoms with van der Waals surface area (Å²) in [7, 11) is 0. The zero-order chi connectivity index (χ0) is 8.27. The molecule has 0 spiro atoms. The Labute approximate surface area is 64.4 Å². The minimum Gasteiger partial charge on any atom is -0.471 e. The van der Waals surface area contributed by atoms with Crippen molar-refractivity contribution in [1.29, 1.82) is 0 Å². The molecule has 0 aromatic rings. The van der Waals surface area contributed by atoms with Gasteiger partial charge >= 0.3 is 11.9 Å². The van der Waals surface area contributed by atoms with E-state index in [0.717, 1.165) is 0 Å². The van der Waals surface area contributed by atoms with Crippen LogP contribution in [0.1, 0.15) is 0 Å². The number of hydrogen-bond acceptors (Lipinski definition) is 2. The van der Waals surface area contributed by atoms with Crippen molar-refractivity contribution in [2.24, 2.45) is 0 Å². The zero-order valence-electron chi connectivity index (χ0n) is 6.12. The zero-order valence-corrected chi connectivity index (χ0v) is 6.12. The van der Waals surface area contributed by atoms with Crippen molar-refractivity contribution in [3.05, 3.63) is 12.7 Å². The van der Waals surface area contributed by atoms with E-state index in [1.165, 1.54) is 0 Å². The van der Waals surface area contributed by atoms with Gasteiger partial charge in [-0.2, -0.15) is 4.58 Å². The fourth-order valence-corrected chi connectivity index (χ4v) is 0.972. The largest absolute Gasteiger partial charge is 0.471 e. The van der Waals surface area contributed by atoms with E-state index in [1.807, 2.05) is 0 Å². The summed E-state index contributed by atoms with van der Waals surface area (Å²) < 4.78 is 6.51. The van der Waals surface area contributed by atoms with E-state index in [-0.39, 0.29) is 5.90 Å². The molecule has 0 unspecified atom stereocenters. The molecule has 0 amide bonds. The lowest BCUT2D eigenvalue weighted by Gasteiger charge is -1.90. The predicted molar refractivity (Wildman–Crippen MR) is 38.8 cm³/mol. The van der Waals surface area contributed by atoms with Crippen LogP contribution in [0.2, 0.25) is 0 Å². The van der Waals surface area contributed by atoms with Crippen molar-refractivity contribution < 1.29 is 19.2 Å². The highest BCUT2D eigenvalue weighted by Crippen LogP contribution is 1.95. The molecule has 1 N–H and O–H groups in total. The van der Waals surface area contributed by atoms with Gasteiger partial charge in [-0.1, -0.05) is 6.58 Å². The average molecular weight is 156 g/mol. The Hall–Kier alpha value is -1.32. The van der Waals surface area contributed by atoms with Gasteiger partial charge in [-0.15, -0.1) is 0 Å². The molecule has 0 saturated carbocycles. The average Bonchev–Trinajstić information content (AvgIpc) is 2.36. The van der Waals surface area contributed by atoms with Crippen LogP contribution in [0.4, 0.5) is 0 Å². The number of hydrogen-bond donors (Lipinski definition) is 1. The molecular formula is C7H10NO3+. The first-order valence-electron chi connectivity index (χ1n) is 3.34. The number of carboxylic acid groups (broad SMARTS) is 1. The van der Waals surface area contributed by atoms with Gasteiger partial charge in [0.2, 0.25) is 0 Å². The molecule has 0 aromatic carbocycles. The van der Waals surface area contributed by atoms with Gasteiger partial charge in [-0.05, 0) is 6.08 Å². The summed E-state index contributed by atoms with van der Waals surface area (Å²) in [6.07, 6.45) is 1.65. The number of aliphatic carboxylic acids is 1. The van der Waals surface area contributed by atoms with Crippen LogP contribution < -0.4 is 0 Å². The summed E-state index contributed by atoms with van der Waals surface area (Å²) >= 11 is 0. The van der Waals surface area contributed by atoms with Crippen molar-refractivity contribution >= 4 is 11.9 Å². The molecule has 0 radical (unpaired) electrons. The Bertz CT molecular complexity index is 220. The molecule has 60 valence electrons. The van der Waals surface area contributed by atoms with E-state index in [9.17, 15) is 4.79 Å². The van der Waals surface area contributed by atoms with Crippen molar-refractivity contribution in [3.8, 4) is 0 Å². The third-order valence-corrected chi connectivity index (χ3v) is 1.42. The van der Waals surface area contributed by atoms with Gasteiger partial charge in [0.25, 0.3) is 0 Å². The molecule has 0 saturated heterocycles. The number of rotatable bonds is 3. The van der Waals surface area contributed by atoms with Crippen LogP contribution in [0, 0.1) is 0 Å². The third kappa shape index (κ3) is 1.58. The molecule has 0 aromatic heterocycles. The monoisotopic (exact) mass is 156 g/mol. The van der Waals surface area contributed by atoms with E-state index in [1.54, 1.807) is 10.7 Å². The standard InChI is InChI=1S/C7H9NO3/c1-2-3-8-4-5-11-6(8)7(9)10/h2H,1,3-5H2/p+1. The van der Waals surface area contributed by atoms with Gasteiger partial charge < -0.3 is 9.84 Å². The lowest BCUT2D eigenvalue weighted by atomic mass is 10.5. The van der Waals surface area contributed by atoms with E-state index in [4.69, 9.17) is 9.84 Å². The number of ether oxygens (including phenoxy) is 1. The molecule has 0 aliphatic carbocycles. The van der Waals surface area contributed by atoms with Crippen LogP contribution in [0.3, 0.4) is 0 Å². The Morgan fingerprint density at radius 1 is 1.91 bits per heavy atom. The SMILES string of the molecule is C=CC[N+]1=C(C(=O)O)OCC1. The molecule has 4 heteroatoms. The van der Waals surface area contributed by atoms with Crippen LogP contribution in [-0.2, 0) is 9.53 Å². The molecule has 11 heavy (non-hydrogen) atoms. The minimum absolute atomic E-state index is 0.0323. The van der Waals surface area contributed by atoms with E-state index in [2.05, 4.69) is 6.58 Å². The second-order valence-electron chi connectivity index (χ2n) is 2.19. The van der Waals surface area contributed by atoms with Crippen LogP contribution in [-0.4, -0.2) is 41.2 Å². The summed E-state index contributed by atoms with van der Waals surface area (Å²) in [5, 5.41) is 8.57. The molecule has 4 nitrogen and oxygen atoms in total. The second kappa shape index (κ2) is 3.18. The Balaban J connectivity index is 2.76. The molecule has 0 atom stereocenters. The summed E-state index contributed by atoms with van der Waals surface area (Å²) in [5.41, 5.74) is 0. The molecule has 0 fully saturated rings.